The van der Waals surface area contributed by atoms with Crippen molar-refractivity contribution in [3.05, 3.63) is 78.4 Å². The summed E-state index contributed by atoms with van der Waals surface area (Å²) in [5, 5.41) is 19.5. The molecule has 31 heavy (non-hydrogen) atoms. The van der Waals surface area contributed by atoms with Gasteiger partial charge in [-0.15, -0.1) is 0 Å². The summed E-state index contributed by atoms with van der Waals surface area (Å²) in [5.74, 6) is -0.305. The first kappa shape index (κ1) is 18.6. The maximum Gasteiger partial charge on any atom is 0.276 e. The number of aromatic nitrogens is 6. The van der Waals surface area contributed by atoms with Crippen molar-refractivity contribution in [1.29, 1.82) is 0 Å². The number of aromatic amines is 1. The van der Waals surface area contributed by atoms with Gasteiger partial charge in [-0.3, -0.25) is 19.3 Å². The third-order valence-corrected chi connectivity index (χ3v) is 4.97. The van der Waals surface area contributed by atoms with Crippen LogP contribution in [0.2, 0.25) is 0 Å². The molecule has 0 atom stereocenters. The molecule has 2 aromatic carbocycles. The number of amides is 1. The zero-order valence-corrected chi connectivity index (χ0v) is 16.8. The fourth-order valence-corrected chi connectivity index (χ4v) is 3.50. The third kappa shape index (κ3) is 3.76. The number of hydrogen-bond acceptors (Lipinski definition) is 5. The van der Waals surface area contributed by atoms with Crippen LogP contribution in [0.4, 0.5) is 11.4 Å². The number of carbonyl (C=O) groups is 1. The van der Waals surface area contributed by atoms with Gasteiger partial charge >= 0.3 is 0 Å². The van der Waals surface area contributed by atoms with E-state index in [0.29, 0.717) is 23.6 Å². The fraction of sp³-hybridized carbons (Fsp3) is 0.0909. The van der Waals surface area contributed by atoms with Crippen molar-refractivity contribution in [2.75, 3.05) is 11.1 Å². The van der Waals surface area contributed by atoms with Gasteiger partial charge in [0, 0.05) is 36.1 Å². The Hall–Kier alpha value is -4.40. The maximum atomic E-state index is 12.8. The highest BCUT2D eigenvalue weighted by Gasteiger charge is 2.16. The van der Waals surface area contributed by atoms with E-state index in [9.17, 15) is 4.79 Å². The summed E-state index contributed by atoms with van der Waals surface area (Å²) in [5.41, 5.74) is 11.1. The van der Waals surface area contributed by atoms with Crippen molar-refractivity contribution in [2.45, 2.75) is 6.54 Å². The highest BCUT2D eigenvalue weighted by Crippen LogP contribution is 2.24. The van der Waals surface area contributed by atoms with Crippen molar-refractivity contribution in [3.8, 4) is 11.3 Å². The summed E-state index contributed by atoms with van der Waals surface area (Å²) in [6, 6.07) is 15.3. The highest BCUT2D eigenvalue weighted by molar-refractivity contribution is 6.11. The quantitative estimate of drug-likeness (QED) is 0.383. The molecular formula is C22H20N8O. The Labute approximate surface area is 177 Å². The predicted octanol–water partition coefficient (Wildman–Crippen LogP) is 3.04. The molecule has 0 aliphatic rings. The van der Waals surface area contributed by atoms with E-state index >= 15 is 0 Å². The molecule has 5 aromatic rings. The number of carbonyl (C=O) groups excluding carboxylic acids is 1. The number of nitrogens with zero attached hydrogens (tertiary/aromatic N) is 5. The molecule has 4 N–H and O–H groups in total. The lowest BCUT2D eigenvalue weighted by atomic mass is 10.1. The number of rotatable bonds is 5. The number of nitrogens with one attached hydrogen (secondary N) is 2. The Balaban J connectivity index is 1.33. The molecule has 3 heterocycles. The van der Waals surface area contributed by atoms with E-state index < -0.39 is 0 Å². The van der Waals surface area contributed by atoms with Crippen LogP contribution in [0.15, 0.2) is 67.1 Å². The SMILES string of the molecule is Cn1ccc(-c2ccc3c(C(=O)Nc4cnn(Cc5cccc(N)c5)c4)n[nH]c3c2)n1. The van der Waals surface area contributed by atoms with Gasteiger partial charge in [0.2, 0.25) is 0 Å². The minimum atomic E-state index is -0.305. The Morgan fingerprint density at radius 2 is 2.10 bits per heavy atom. The number of benzene rings is 2. The van der Waals surface area contributed by atoms with E-state index in [-0.39, 0.29) is 5.91 Å². The molecule has 0 saturated heterocycles. The van der Waals surface area contributed by atoms with E-state index in [4.69, 9.17) is 5.73 Å². The monoisotopic (exact) mass is 412 g/mol. The first-order valence-corrected chi connectivity index (χ1v) is 9.71. The largest absolute Gasteiger partial charge is 0.399 e. The number of anilines is 2. The molecular weight excluding hydrogens is 392 g/mol. The summed E-state index contributed by atoms with van der Waals surface area (Å²) >= 11 is 0. The van der Waals surface area contributed by atoms with Crippen LogP contribution in [0.25, 0.3) is 22.2 Å². The van der Waals surface area contributed by atoms with E-state index in [1.165, 1.54) is 0 Å². The molecule has 9 heteroatoms. The summed E-state index contributed by atoms with van der Waals surface area (Å²) < 4.78 is 3.49. The van der Waals surface area contributed by atoms with Gasteiger partial charge in [0.1, 0.15) is 0 Å². The predicted molar refractivity (Wildman–Crippen MR) is 118 cm³/mol. The van der Waals surface area contributed by atoms with Crippen LogP contribution in [0.1, 0.15) is 16.1 Å². The van der Waals surface area contributed by atoms with E-state index in [1.807, 2.05) is 61.8 Å². The second kappa shape index (κ2) is 7.45. The second-order valence-electron chi connectivity index (χ2n) is 7.33. The second-order valence-corrected chi connectivity index (χ2v) is 7.33. The topological polar surface area (TPSA) is 119 Å². The molecule has 0 unspecified atom stereocenters. The number of H-pyrrole nitrogens is 1. The average Bonchev–Trinajstić information content (AvgIpc) is 3.47. The van der Waals surface area contributed by atoms with Crippen LogP contribution in [0, 0.1) is 0 Å². The lowest BCUT2D eigenvalue weighted by Gasteiger charge is -2.03. The minimum absolute atomic E-state index is 0.305. The maximum absolute atomic E-state index is 12.8. The summed E-state index contributed by atoms with van der Waals surface area (Å²) in [4.78, 5) is 12.8. The normalized spacial score (nSPS) is 11.1. The number of nitrogens with two attached hydrogens (primary N) is 1. The van der Waals surface area contributed by atoms with Crippen molar-refractivity contribution in [2.24, 2.45) is 7.05 Å². The van der Waals surface area contributed by atoms with Gasteiger partial charge in [-0.2, -0.15) is 15.3 Å². The van der Waals surface area contributed by atoms with Gasteiger partial charge in [-0.1, -0.05) is 18.2 Å². The summed E-state index contributed by atoms with van der Waals surface area (Å²) in [6.07, 6.45) is 5.27. The van der Waals surface area contributed by atoms with Crippen molar-refractivity contribution < 1.29 is 4.79 Å². The molecule has 0 bridgehead atoms. The van der Waals surface area contributed by atoms with Gasteiger partial charge < -0.3 is 11.1 Å². The number of aryl methyl sites for hydroxylation is 1. The van der Waals surface area contributed by atoms with Crippen LogP contribution in [0.5, 0.6) is 0 Å². The average molecular weight is 412 g/mol. The van der Waals surface area contributed by atoms with Crippen molar-refractivity contribution in [3.63, 3.8) is 0 Å². The molecule has 1 amide bonds. The Bertz CT molecular complexity index is 1390. The molecule has 0 radical (unpaired) electrons. The minimum Gasteiger partial charge on any atom is -0.399 e. The molecule has 0 fully saturated rings. The first-order chi connectivity index (χ1) is 15.0. The Morgan fingerprint density at radius 3 is 2.90 bits per heavy atom. The Morgan fingerprint density at radius 1 is 1.19 bits per heavy atom. The van der Waals surface area contributed by atoms with Crippen LogP contribution in [-0.2, 0) is 13.6 Å². The molecule has 5 rings (SSSR count). The zero-order valence-electron chi connectivity index (χ0n) is 16.8. The van der Waals surface area contributed by atoms with Crippen molar-refractivity contribution >= 4 is 28.2 Å². The molecule has 3 aromatic heterocycles. The van der Waals surface area contributed by atoms with Crippen molar-refractivity contribution in [1.82, 2.24) is 29.8 Å². The van der Waals surface area contributed by atoms with Crippen LogP contribution < -0.4 is 11.1 Å². The lowest BCUT2D eigenvalue weighted by molar-refractivity contribution is 0.102. The van der Waals surface area contributed by atoms with Gasteiger partial charge in [-0.25, -0.2) is 0 Å². The Kier molecular flexibility index (Phi) is 4.47. The smallest absolute Gasteiger partial charge is 0.276 e. The van der Waals surface area contributed by atoms with Gasteiger partial charge in [0.15, 0.2) is 5.69 Å². The van der Waals surface area contributed by atoms with Crippen LogP contribution in [0.3, 0.4) is 0 Å². The molecule has 0 aliphatic carbocycles. The third-order valence-electron chi connectivity index (χ3n) is 4.97. The first-order valence-electron chi connectivity index (χ1n) is 9.71. The lowest BCUT2D eigenvalue weighted by Crippen LogP contribution is -2.12. The molecule has 0 spiro atoms. The van der Waals surface area contributed by atoms with E-state index in [1.54, 1.807) is 21.8 Å². The van der Waals surface area contributed by atoms with Gasteiger partial charge in [0.25, 0.3) is 5.91 Å². The molecule has 0 aliphatic heterocycles. The molecule has 0 saturated carbocycles. The molecule has 9 nitrogen and oxygen atoms in total. The standard InChI is InChI=1S/C22H20N8O/c1-29-8-7-19(28-29)15-5-6-18-20(10-15)26-27-21(18)22(31)25-17-11-24-30(13-17)12-14-3-2-4-16(23)9-14/h2-11,13H,12,23H2,1H3,(H,25,31)(H,26,27). The summed E-state index contributed by atoms with van der Waals surface area (Å²) in [6.45, 7) is 0.558. The van der Waals surface area contributed by atoms with Gasteiger partial charge in [-0.05, 0) is 35.9 Å². The number of nitrogen functional groups attached to an aromatic ring is 1. The number of fused-ring (bicyclic) bond motifs is 1. The van der Waals surface area contributed by atoms with E-state index in [0.717, 1.165) is 27.7 Å². The number of hydrogen-bond donors (Lipinski definition) is 3. The van der Waals surface area contributed by atoms with Crippen LogP contribution in [-0.4, -0.2) is 35.7 Å². The van der Waals surface area contributed by atoms with Gasteiger partial charge in [0.05, 0.1) is 29.6 Å². The van der Waals surface area contributed by atoms with Crippen LogP contribution >= 0.6 is 0 Å². The fourth-order valence-electron chi connectivity index (χ4n) is 3.50. The molecule has 154 valence electrons. The summed E-state index contributed by atoms with van der Waals surface area (Å²) in [7, 11) is 1.87. The highest BCUT2D eigenvalue weighted by atomic mass is 16.2. The van der Waals surface area contributed by atoms with E-state index in [2.05, 4.69) is 25.7 Å². The zero-order chi connectivity index (χ0) is 21.4.